The molecule has 0 N–H and O–H groups in total. The van der Waals surface area contributed by atoms with Crippen molar-refractivity contribution in [2.45, 2.75) is 26.7 Å². The summed E-state index contributed by atoms with van der Waals surface area (Å²) < 4.78 is 0. The van der Waals surface area contributed by atoms with E-state index in [2.05, 4.69) is 24.5 Å². The molecule has 0 aromatic heterocycles. The Labute approximate surface area is 57.3 Å². The molecule has 0 saturated heterocycles. The zero-order valence-electron chi connectivity index (χ0n) is 6.07. The van der Waals surface area contributed by atoms with Crippen molar-refractivity contribution >= 4 is 0 Å². The third-order valence-electron chi connectivity index (χ3n) is 0.756. The molecule has 0 radical (unpaired) electrons. The van der Waals surface area contributed by atoms with Gasteiger partial charge in [0.1, 0.15) is 0 Å². The minimum absolute atomic E-state index is 0.921. The van der Waals surface area contributed by atoms with Gasteiger partial charge in [-0.15, -0.1) is 5.73 Å². The predicted octanol–water partition coefficient (Wildman–Crippen LogP) is 2.52. The summed E-state index contributed by atoms with van der Waals surface area (Å²) in [7, 11) is 0. The monoisotopic (exact) mass is 120 g/mol. The van der Waals surface area contributed by atoms with Crippen molar-refractivity contribution in [2.24, 2.45) is 0 Å². The Balaban J connectivity index is 3.58. The van der Waals surface area contributed by atoms with Crippen LogP contribution in [-0.2, 0) is 0 Å². The lowest BCUT2D eigenvalue weighted by Gasteiger charge is -1.65. The number of allylic oxidation sites excluding steroid dienone is 1. The lowest BCUT2D eigenvalue weighted by molar-refractivity contribution is 1.23. The average Bonchev–Trinajstić information content (AvgIpc) is 1.89. The first-order valence-electron chi connectivity index (χ1n) is 3.29. The lowest BCUT2D eigenvalue weighted by Crippen LogP contribution is -1.50. The van der Waals surface area contributed by atoms with Crippen LogP contribution in [0, 0.1) is 11.8 Å². The Morgan fingerprint density at radius 3 is 2.67 bits per heavy atom. The first-order chi connectivity index (χ1) is 4.41. The normalized spacial score (nSPS) is 6.44. The van der Waals surface area contributed by atoms with Crippen LogP contribution in [-0.4, -0.2) is 0 Å². The van der Waals surface area contributed by atoms with Crippen molar-refractivity contribution in [3.63, 3.8) is 0 Å². The predicted molar refractivity (Wildman–Crippen MR) is 41.0 cm³/mol. The molecule has 0 bridgehead atoms. The first-order valence-corrected chi connectivity index (χ1v) is 3.29. The summed E-state index contributed by atoms with van der Waals surface area (Å²) in [6.45, 7) is 4.11. The quantitative estimate of drug-likeness (QED) is 0.368. The molecule has 0 aromatic carbocycles. The largest absolute Gasteiger partial charge is 0.116 e. The molecule has 0 rings (SSSR count). The molecule has 0 saturated carbocycles. The molecule has 0 spiro atoms. The van der Waals surface area contributed by atoms with Gasteiger partial charge in [-0.3, -0.25) is 0 Å². The molecule has 0 aliphatic rings. The van der Waals surface area contributed by atoms with Crippen LogP contribution < -0.4 is 0 Å². The lowest BCUT2D eigenvalue weighted by atomic mass is 10.4. The van der Waals surface area contributed by atoms with E-state index in [1.54, 1.807) is 6.08 Å². The highest BCUT2D eigenvalue weighted by Crippen LogP contribution is 1.74. The summed E-state index contributed by atoms with van der Waals surface area (Å²) in [5.74, 6) is 5.77. The van der Waals surface area contributed by atoms with Crippen LogP contribution in [0.4, 0.5) is 0 Å². The third-order valence-corrected chi connectivity index (χ3v) is 0.756. The highest BCUT2D eigenvalue weighted by atomic mass is 13.6. The van der Waals surface area contributed by atoms with Crippen LogP contribution >= 0.6 is 0 Å². The van der Waals surface area contributed by atoms with E-state index in [0.29, 0.717) is 0 Å². The Bertz CT molecular complexity index is 158. The fourth-order valence-electron chi connectivity index (χ4n) is 0.372. The first kappa shape index (κ1) is 8.08. The molecule has 0 nitrogen and oxygen atoms in total. The molecule has 9 heavy (non-hydrogen) atoms. The minimum atomic E-state index is 0.921. The molecule has 0 amide bonds. The zero-order valence-corrected chi connectivity index (χ0v) is 6.07. The van der Waals surface area contributed by atoms with E-state index < -0.39 is 0 Å². The Kier molecular flexibility index (Phi) is 6.36. The Hall–Kier alpha value is -0.920. The van der Waals surface area contributed by atoms with E-state index in [9.17, 15) is 0 Å². The van der Waals surface area contributed by atoms with Crippen LogP contribution in [0.15, 0.2) is 17.9 Å². The molecule has 0 fully saturated rings. The van der Waals surface area contributed by atoms with Crippen LogP contribution in [0.1, 0.15) is 26.7 Å². The Morgan fingerprint density at radius 1 is 1.33 bits per heavy atom. The van der Waals surface area contributed by atoms with Gasteiger partial charge in [-0.1, -0.05) is 25.7 Å². The van der Waals surface area contributed by atoms with Gasteiger partial charge >= 0.3 is 0 Å². The third kappa shape index (κ3) is 7.08. The second-order valence-corrected chi connectivity index (χ2v) is 1.60. The van der Waals surface area contributed by atoms with Crippen molar-refractivity contribution < 1.29 is 0 Å². The van der Waals surface area contributed by atoms with Gasteiger partial charge in [-0.2, -0.15) is 0 Å². The number of hydrogen-bond donors (Lipinski definition) is 0. The molecule has 0 heteroatoms. The summed E-state index contributed by atoms with van der Waals surface area (Å²) in [6, 6.07) is 0. The van der Waals surface area contributed by atoms with Crippen LogP contribution in [0.25, 0.3) is 0 Å². The van der Waals surface area contributed by atoms with Crippen LogP contribution in [0.5, 0.6) is 0 Å². The highest BCUT2D eigenvalue weighted by Gasteiger charge is 1.57. The van der Waals surface area contributed by atoms with Gasteiger partial charge in [-0.25, -0.2) is 0 Å². The fourth-order valence-corrected chi connectivity index (χ4v) is 0.372. The maximum atomic E-state index is 2.95. The molecular weight excluding hydrogens is 108 g/mol. The highest BCUT2D eigenvalue weighted by molar-refractivity contribution is 5.14. The standard InChI is InChI=1S/C9H12/c1-3-5-7-9-8-6-4-2/h5,9H,3-4H2,1-2H3. The molecular formula is C9H12. The van der Waals surface area contributed by atoms with Gasteiger partial charge in [0, 0.05) is 12.5 Å². The topological polar surface area (TPSA) is 0 Å². The van der Waals surface area contributed by atoms with Gasteiger partial charge < -0.3 is 0 Å². The van der Waals surface area contributed by atoms with Gasteiger partial charge in [0.25, 0.3) is 0 Å². The van der Waals surface area contributed by atoms with E-state index >= 15 is 0 Å². The van der Waals surface area contributed by atoms with Crippen LogP contribution in [0.2, 0.25) is 0 Å². The summed E-state index contributed by atoms with van der Waals surface area (Å²) in [6.07, 6.45) is 5.67. The van der Waals surface area contributed by atoms with Gasteiger partial charge in [0.15, 0.2) is 0 Å². The molecule has 0 unspecified atom stereocenters. The summed E-state index contributed by atoms with van der Waals surface area (Å²) in [5.41, 5.74) is 2.95. The van der Waals surface area contributed by atoms with Gasteiger partial charge in [0.2, 0.25) is 0 Å². The summed E-state index contributed by atoms with van der Waals surface area (Å²) in [5, 5.41) is 0. The molecule has 0 heterocycles. The molecule has 0 aromatic rings. The summed E-state index contributed by atoms with van der Waals surface area (Å²) in [4.78, 5) is 0. The van der Waals surface area contributed by atoms with E-state index in [0.717, 1.165) is 12.8 Å². The van der Waals surface area contributed by atoms with Gasteiger partial charge in [-0.05, 0) is 12.5 Å². The van der Waals surface area contributed by atoms with Crippen LogP contribution in [0.3, 0.4) is 0 Å². The summed E-state index contributed by atoms with van der Waals surface area (Å²) >= 11 is 0. The molecule has 0 aliphatic carbocycles. The van der Waals surface area contributed by atoms with Crippen molar-refractivity contribution in [3.05, 3.63) is 17.9 Å². The zero-order chi connectivity index (χ0) is 6.95. The van der Waals surface area contributed by atoms with E-state index in [-0.39, 0.29) is 0 Å². The van der Waals surface area contributed by atoms with Crippen molar-refractivity contribution in [1.82, 2.24) is 0 Å². The smallest absolute Gasteiger partial charge is 0.0298 e. The van der Waals surface area contributed by atoms with Gasteiger partial charge in [0.05, 0.1) is 0 Å². The second-order valence-electron chi connectivity index (χ2n) is 1.60. The molecule has 48 valence electrons. The average molecular weight is 120 g/mol. The number of hydrogen-bond acceptors (Lipinski definition) is 0. The van der Waals surface area contributed by atoms with Crippen molar-refractivity contribution in [1.29, 1.82) is 0 Å². The van der Waals surface area contributed by atoms with Crippen molar-refractivity contribution in [2.75, 3.05) is 0 Å². The molecule has 0 aliphatic heterocycles. The Morgan fingerprint density at radius 2 is 2.11 bits per heavy atom. The maximum absolute atomic E-state index is 2.95. The van der Waals surface area contributed by atoms with E-state index in [1.165, 1.54) is 0 Å². The van der Waals surface area contributed by atoms with E-state index in [1.807, 2.05) is 13.0 Å². The SMILES string of the molecule is CCC#CC=C=CCC. The number of rotatable bonds is 1. The van der Waals surface area contributed by atoms with E-state index in [4.69, 9.17) is 0 Å². The van der Waals surface area contributed by atoms with Crippen molar-refractivity contribution in [3.8, 4) is 11.8 Å². The fraction of sp³-hybridized carbons (Fsp3) is 0.444. The minimum Gasteiger partial charge on any atom is -0.116 e. The maximum Gasteiger partial charge on any atom is 0.0298 e. The second kappa shape index (κ2) is 7.08. The molecule has 0 atom stereocenters.